The second-order valence-electron chi connectivity index (χ2n) is 7.55. The van der Waals surface area contributed by atoms with Crippen molar-refractivity contribution in [2.45, 2.75) is 37.8 Å². The first-order valence-corrected chi connectivity index (χ1v) is 10.1. The largest absolute Gasteiger partial charge is 0.497 e. The molecule has 0 aliphatic carbocycles. The Balaban J connectivity index is 1.42. The molecular formula is C23H28N2O3. The zero-order chi connectivity index (χ0) is 19.3. The molecule has 0 radical (unpaired) electrons. The van der Waals surface area contributed by atoms with Crippen LogP contribution in [0, 0.1) is 0 Å². The summed E-state index contributed by atoms with van der Waals surface area (Å²) in [6.45, 7) is 2.72. The molecule has 0 bridgehead atoms. The highest BCUT2D eigenvalue weighted by molar-refractivity contribution is 5.82. The number of para-hydroxylation sites is 1. The summed E-state index contributed by atoms with van der Waals surface area (Å²) in [5.41, 5.74) is 2.31. The average molecular weight is 380 g/mol. The van der Waals surface area contributed by atoms with Crippen molar-refractivity contribution in [1.29, 1.82) is 0 Å². The summed E-state index contributed by atoms with van der Waals surface area (Å²) >= 11 is 0. The van der Waals surface area contributed by atoms with E-state index >= 15 is 0 Å². The zero-order valence-electron chi connectivity index (χ0n) is 16.4. The van der Waals surface area contributed by atoms with Crippen LogP contribution in [0.25, 0.3) is 0 Å². The van der Waals surface area contributed by atoms with Crippen molar-refractivity contribution in [2.24, 2.45) is 0 Å². The van der Waals surface area contributed by atoms with E-state index in [9.17, 15) is 4.79 Å². The average Bonchev–Trinajstić information content (AvgIpc) is 3.19. The van der Waals surface area contributed by atoms with Gasteiger partial charge in [0.2, 0.25) is 0 Å². The fourth-order valence-corrected chi connectivity index (χ4v) is 4.15. The molecule has 2 aromatic rings. The molecule has 2 atom stereocenters. The summed E-state index contributed by atoms with van der Waals surface area (Å²) < 4.78 is 11.1. The number of likely N-dealkylation sites (tertiary alicyclic amines) is 1. The Hall–Kier alpha value is -2.53. The second kappa shape index (κ2) is 8.65. The monoisotopic (exact) mass is 380 g/mol. The maximum Gasteiger partial charge on any atom is 0.261 e. The minimum atomic E-state index is -0.435. The maximum absolute atomic E-state index is 12.8. The van der Waals surface area contributed by atoms with E-state index in [4.69, 9.17) is 9.47 Å². The topological polar surface area (TPSA) is 50.8 Å². The molecule has 2 heterocycles. The molecule has 28 heavy (non-hydrogen) atoms. The van der Waals surface area contributed by atoms with Gasteiger partial charge in [-0.3, -0.25) is 9.69 Å². The Morgan fingerprint density at radius 2 is 1.89 bits per heavy atom. The van der Waals surface area contributed by atoms with Crippen molar-refractivity contribution in [3.05, 3.63) is 59.7 Å². The molecular weight excluding hydrogens is 352 g/mol. The normalized spacial score (nSPS) is 20.1. The van der Waals surface area contributed by atoms with Gasteiger partial charge in [-0.15, -0.1) is 0 Å². The number of hydrogen-bond acceptors (Lipinski definition) is 4. The van der Waals surface area contributed by atoms with Gasteiger partial charge in [-0.1, -0.05) is 36.8 Å². The van der Waals surface area contributed by atoms with Crippen LogP contribution >= 0.6 is 0 Å². The predicted octanol–water partition coefficient (Wildman–Crippen LogP) is 3.34. The number of rotatable bonds is 6. The van der Waals surface area contributed by atoms with Gasteiger partial charge in [0.15, 0.2) is 6.10 Å². The molecule has 1 fully saturated rings. The summed E-state index contributed by atoms with van der Waals surface area (Å²) in [6.07, 6.45) is 3.91. The van der Waals surface area contributed by atoms with Gasteiger partial charge >= 0.3 is 0 Å². The molecule has 2 aromatic carbocycles. The third-order valence-corrected chi connectivity index (χ3v) is 5.74. The van der Waals surface area contributed by atoms with E-state index in [-0.39, 0.29) is 11.9 Å². The number of nitrogens with one attached hydrogen (secondary N) is 1. The van der Waals surface area contributed by atoms with Crippen LogP contribution < -0.4 is 14.8 Å². The van der Waals surface area contributed by atoms with Crippen LogP contribution in [0.5, 0.6) is 11.5 Å². The van der Waals surface area contributed by atoms with Gasteiger partial charge in [-0.2, -0.15) is 0 Å². The number of hydrogen-bond donors (Lipinski definition) is 1. The molecule has 4 rings (SSSR count). The minimum absolute atomic E-state index is 0.0354. The van der Waals surface area contributed by atoms with Crippen LogP contribution in [0.3, 0.4) is 0 Å². The number of amides is 1. The Kier molecular flexibility index (Phi) is 5.81. The third-order valence-electron chi connectivity index (χ3n) is 5.74. The number of piperidine rings is 1. The third kappa shape index (κ3) is 4.14. The molecule has 0 spiro atoms. The van der Waals surface area contributed by atoms with E-state index in [1.165, 1.54) is 24.8 Å². The Morgan fingerprint density at radius 3 is 2.61 bits per heavy atom. The van der Waals surface area contributed by atoms with Crippen molar-refractivity contribution < 1.29 is 14.3 Å². The van der Waals surface area contributed by atoms with Gasteiger partial charge in [0.05, 0.1) is 13.2 Å². The van der Waals surface area contributed by atoms with E-state index in [0.29, 0.717) is 13.0 Å². The van der Waals surface area contributed by atoms with E-state index < -0.39 is 6.10 Å². The quantitative estimate of drug-likeness (QED) is 0.835. The van der Waals surface area contributed by atoms with Crippen LogP contribution in [0.15, 0.2) is 48.5 Å². The summed E-state index contributed by atoms with van der Waals surface area (Å²) in [6, 6.07) is 16.2. The number of nitrogens with zero attached hydrogens (tertiary/aromatic N) is 1. The molecule has 5 heteroatoms. The summed E-state index contributed by atoms with van der Waals surface area (Å²) in [4.78, 5) is 15.2. The van der Waals surface area contributed by atoms with Crippen molar-refractivity contribution in [3.8, 4) is 11.5 Å². The van der Waals surface area contributed by atoms with Crippen molar-refractivity contribution in [1.82, 2.24) is 10.2 Å². The molecule has 1 saturated heterocycles. The molecule has 1 amide bonds. The van der Waals surface area contributed by atoms with Gasteiger partial charge in [0, 0.05) is 13.0 Å². The standard InChI is InChI=1S/C23H28N2O3/c1-27-19-11-9-17(10-12-19)20(25-13-5-2-6-14-25)16-24-23(26)22-15-18-7-3-4-8-21(18)28-22/h3-4,7-12,20,22H,2,5-6,13-16H2,1H3,(H,24,26)/t20-,22-/m1/s1. The Morgan fingerprint density at radius 1 is 1.14 bits per heavy atom. The number of fused-ring (bicyclic) bond motifs is 1. The zero-order valence-corrected chi connectivity index (χ0v) is 16.4. The second-order valence-corrected chi connectivity index (χ2v) is 7.55. The van der Waals surface area contributed by atoms with E-state index in [1.54, 1.807) is 7.11 Å². The van der Waals surface area contributed by atoms with E-state index in [1.807, 2.05) is 36.4 Å². The van der Waals surface area contributed by atoms with Crippen molar-refractivity contribution >= 4 is 5.91 Å². The Labute approximate surface area is 166 Å². The molecule has 148 valence electrons. The lowest BCUT2D eigenvalue weighted by Gasteiger charge is -2.35. The van der Waals surface area contributed by atoms with E-state index in [0.717, 1.165) is 30.2 Å². The summed E-state index contributed by atoms with van der Waals surface area (Å²) in [7, 11) is 1.68. The SMILES string of the molecule is COc1ccc([C@@H](CNC(=O)[C@H]2Cc3ccccc3O2)N2CCCCC2)cc1. The van der Waals surface area contributed by atoms with Crippen molar-refractivity contribution in [2.75, 3.05) is 26.7 Å². The molecule has 0 aromatic heterocycles. The number of benzene rings is 2. The number of carbonyl (C=O) groups excluding carboxylic acids is 1. The molecule has 5 nitrogen and oxygen atoms in total. The Bertz CT molecular complexity index is 775. The minimum Gasteiger partial charge on any atom is -0.497 e. The summed E-state index contributed by atoms with van der Waals surface area (Å²) in [5, 5.41) is 3.15. The van der Waals surface area contributed by atoms with Crippen LogP contribution in [0.1, 0.15) is 36.4 Å². The van der Waals surface area contributed by atoms with Gasteiger partial charge in [-0.25, -0.2) is 0 Å². The highest BCUT2D eigenvalue weighted by Gasteiger charge is 2.30. The maximum atomic E-state index is 12.8. The first-order chi connectivity index (χ1) is 13.7. The van der Waals surface area contributed by atoms with Gasteiger partial charge in [0.25, 0.3) is 5.91 Å². The van der Waals surface area contributed by atoms with Gasteiger partial charge in [-0.05, 0) is 55.3 Å². The highest BCUT2D eigenvalue weighted by Crippen LogP contribution is 2.29. The molecule has 1 N–H and O–H groups in total. The van der Waals surface area contributed by atoms with E-state index in [2.05, 4.69) is 22.3 Å². The number of methoxy groups -OCH3 is 1. The van der Waals surface area contributed by atoms with Crippen LogP contribution in [-0.4, -0.2) is 43.7 Å². The summed E-state index contributed by atoms with van der Waals surface area (Å²) in [5.74, 6) is 1.64. The molecule has 0 unspecified atom stereocenters. The van der Waals surface area contributed by atoms with Crippen LogP contribution in [0.4, 0.5) is 0 Å². The lowest BCUT2D eigenvalue weighted by molar-refractivity contribution is -0.127. The number of ether oxygens (including phenoxy) is 2. The van der Waals surface area contributed by atoms with Crippen LogP contribution in [0.2, 0.25) is 0 Å². The first kappa shape index (κ1) is 18.8. The molecule has 2 aliphatic heterocycles. The fourth-order valence-electron chi connectivity index (χ4n) is 4.15. The number of carbonyl (C=O) groups is 1. The smallest absolute Gasteiger partial charge is 0.261 e. The lowest BCUT2D eigenvalue weighted by atomic mass is 10.0. The van der Waals surface area contributed by atoms with Gasteiger partial charge in [0.1, 0.15) is 11.5 Å². The predicted molar refractivity (Wildman–Crippen MR) is 109 cm³/mol. The van der Waals surface area contributed by atoms with Crippen molar-refractivity contribution in [3.63, 3.8) is 0 Å². The molecule has 0 saturated carbocycles. The highest BCUT2D eigenvalue weighted by atomic mass is 16.5. The van der Waals surface area contributed by atoms with Gasteiger partial charge < -0.3 is 14.8 Å². The first-order valence-electron chi connectivity index (χ1n) is 10.1. The lowest BCUT2D eigenvalue weighted by Crippen LogP contribution is -2.44. The fraction of sp³-hybridized carbons (Fsp3) is 0.435. The molecule has 2 aliphatic rings. The van der Waals surface area contributed by atoms with Crippen LogP contribution in [-0.2, 0) is 11.2 Å².